The standard InChI is InChI=1S/C8H15NO5.Ca.H2O.2H/c1-8(2,3)14-7(13)4(5(9)10)6(11)12;;;;/h4-5,10H,9H2,1-3H3,(H,11,12);;1H2;;. The van der Waals surface area contributed by atoms with Crippen molar-refractivity contribution < 1.29 is 30.0 Å². The van der Waals surface area contributed by atoms with E-state index in [1.807, 2.05) is 0 Å². The summed E-state index contributed by atoms with van der Waals surface area (Å²) < 4.78 is 4.76. The first kappa shape index (κ1) is 21.4. The van der Waals surface area contributed by atoms with E-state index in [4.69, 9.17) is 20.7 Å². The van der Waals surface area contributed by atoms with Crippen molar-refractivity contribution >= 4 is 49.7 Å². The van der Waals surface area contributed by atoms with E-state index in [0.29, 0.717) is 0 Å². The molecule has 0 heterocycles. The molecule has 16 heavy (non-hydrogen) atoms. The second kappa shape index (κ2) is 8.21. The third-order valence-electron chi connectivity index (χ3n) is 1.27. The number of esters is 1. The summed E-state index contributed by atoms with van der Waals surface area (Å²) in [6.45, 7) is 4.77. The van der Waals surface area contributed by atoms with E-state index in [-0.39, 0.29) is 43.2 Å². The molecule has 0 fully saturated rings. The summed E-state index contributed by atoms with van der Waals surface area (Å²) in [6.07, 6.45) is -1.76. The van der Waals surface area contributed by atoms with Crippen molar-refractivity contribution in [2.45, 2.75) is 32.6 Å². The molecule has 0 saturated carbocycles. The van der Waals surface area contributed by atoms with Crippen LogP contribution < -0.4 is 5.73 Å². The van der Waals surface area contributed by atoms with Gasteiger partial charge in [-0.2, -0.15) is 0 Å². The van der Waals surface area contributed by atoms with Crippen LogP contribution in [-0.4, -0.2) is 77.2 Å². The van der Waals surface area contributed by atoms with E-state index in [1.165, 1.54) is 0 Å². The molecule has 0 aliphatic carbocycles. The van der Waals surface area contributed by atoms with Gasteiger partial charge in [-0.3, -0.25) is 9.59 Å². The second-order valence-electron chi connectivity index (χ2n) is 3.84. The van der Waals surface area contributed by atoms with Crippen LogP contribution in [0.15, 0.2) is 0 Å². The van der Waals surface area contributed by atoms with Gasteiger partial charge >= 0.3 is 49.7 Å². The SMILES string of the molecule is CC(C)(C)OC(=O)C(C(=O)O)C(N)O.O.[CaH2]. The molecule has 8 heteroatoms. The third kappa shape index (κ3) is 8.26. The number of aliphatic hydroxyl groups excluding tert-OH is 1. The van der Waals surface area contributed by atoms with Crippen LogP contribution in [-0.2, 0) is 14.3 Å². The zero-order chi connectivity index (χ0) is 11.5. The van der Waals surface area contributed by atoms with E-state index < -0.39 is 29.7 Å². The zero-order valence-corrected chi connectivity index (χ0v) is 8.85. The molecule has 6 N–H and O–H groups in total. The minimum atomic E-state index is -1.76. The third-order valence-corrected chi connectivity index (χ3v) is 1.27. The van der Waals surface area contributed by atoms with Gasteiger partial charge < -0.3 is 26.2 Å². The van der Waals surface area contributed by atoms with Gasteiger partial charge in [0.15, 0.2) is 5.92 Å². The van der Waals surface area contributed by atoms with E-state index in [9.17, 15) is 9.59 Å². The molecule has 0 rings (SSSR count). The van der Waals surface area contributed by atoms with Gasteiger partial charge in [0.2, 0.25) is 0 Å². The Bertz CT molecular complexity index is 237. The van der Waals surface area contributed by atoms with Gasteiger partial charge in [0, 0.05) is 0 Å². The molecule has 2 unspecified atom stereocenters. The van der Waals surface area contributed by atoms with Gasteiger partial charge in [-0.15, -0.1) is 0 Å². The van der Waals surface area contributed by atoms with Crippen molar-refractivity contribution in [2.24, 2.45) is 11.7 Å². The summed E-state index contributed by atoms with van der Waals surface area (Å²) in [6, 6.07) is 0. The van der Waals surface area contributed by atoms with Gasteiger partial charge in [-0.1, -0.05) is 0 Å². The maximum atomic E-state index is 11.2. The van der Waals surface area contributed by atoms with Crippen molar-refractivity contribution in [3.8, 4) is 0 Å². The fourth-order valence-electron chi connectivity index (χ4n) is 0.752. The summed E-state index contributed by atoms with van der Waals surface area (Å²) in [5, 5.41) is 17.4. The van der Waals surface area contributed by atoms with Crippen molar-refractivity contribution in [3.05, 3.63) is 0 Å². The van der Waals surface area contributed by atoms with Crippen molar-refractivity contribution in [1.82, 2.24) is 0 Å². The number of hydrogen-bond acceptors (Lipinski definition) is 5. The number of aliphatic carboxylic acids is 1. The fraction of sp³-hybridized carbons (Fsp3) is 0.750. The maximum absolute atomic E-state index is 11.2. The number of rotatable bonds is 3. The molecule has 0 aromatic carbocycles. The monoisotopic (exact) mass is 265 g/mol. The van der Waals surface area contributed by atoms with Crippen molar-refractivity contribution in [1.29, 1.82) is 0 Å². The Balaban J connectivity index is -0.000000845. The van der Waals surface area contributed by atoms with Crippen LogP contribution in [0.25, 0.3) is 0 Å². The summed E-state index contributed by atoms with van der Waals surface area (Å²) in [7, 11) is 0. The molecule has 0 radical (unpaired) electrons. The first-order valence-corrected chi connectivity index (χ1v) is 4.04. The van der Waals surface area contributed by atoms with Crippen LogP contribution in [0.3, 0.4) is 0 Å². The van der Waals surface area contributed by atoms with Gasteiger partial charge in [-0.05, 0) is 20.8 Å². The summed E-state index contributed by atoms with van der Waals surface area (Å²) >= 11 is 0. The number of carbonyl (C=O) groups is 2. The number of aliphatic hydroxyl groups is 1. The van der Waals surface area contributed by atoms with Crippen LogP contribution in [0.2, 0.25) is 0 Å². The molecule has 0 aliphatic rings. The molecule has 7 nitrogen and oxygen atoms in total. The predicted octanol–water partition coefficient (Wildman–Crippen LogP) is -2.43. The average Bonchev–Trinajstić information content (AvgIpc) is 1.78. The fourth-order valence-corrected chi connectivity index (χ4v) is 0.752. The van der Waals surface area contributed by atoms with Crippen molar-refractivity contribution in [3.63, 3.8) is 0 Å². The van der Waals surface area contributed by atoms with E-state index in [1.54, 1.807) is 20.8 Å². The van der Waals surface area contributed by atoms with Crippen LogP contribution in [0.5, 0.6) is 0 Å². The van der Waals surface area contributed by atoms with Gasteiger partial charge in [0.25, 0.3) is 0 Å². The van der Waals surface area contributed by atoms with E-state index in [2.05, 4.69) is 0 Å². The molecular weight excluding hydrogens is 246 g/mol. The first-order chi connectivity index (χ1) is 6.15. The van der Waals surface area contributed by atoms with Crippen molar-refractivity contribution in [2.75, 3.05) is 0 Å². The molecule has 0 spiro atoms. The van der Waals surface area contributed by atoms with Gasteiger partial charge in [0.05, 0.1) is 0 Å². The zero-order valence-electron chi connectivity index (χ0n) is 8.85. The molecule has 2 atom stereocenters. The van der Waals surface area contributed by atoms with E-state index in [0.717, 1.165) is 0 Å². The average molecular weight is 265 g/mol. The normalized spacial score (nSPS) is 13.8. The molecule has 0 amide bonds. The molecule has 0 bridgehead atoms. The number of nitrogens with two attached hydrogens (primary N) is 1. The number of carboxylic acids is 1. The molecule has 0 saturated heterocycles. The number of ether oxygens (including phenoxy) is 1. The Morgan fingerprint density at radius 1 is 1.31 bits per heavy atom. The Labute approximate surface area is 123 Å². The van der Waals surface area contributed by atoms with Crippen LogP contribution in [0.1, 0.15) is 20.8 Å². The Kier molecular flexibility index (Phi) is 11.0. The quantitative estimate of drug-likeness (QED) is 0.224. The summed E-state index contributed by atoms with van der Waals surface area (Å²) in [4.78, 5) is 21.7. The second-order valence-corrected chi connectivity index (χ2v) is 3.84. The molecule has 94 valence electrons. The topological polar surface area (TPSA) is 141 Å². The van der Waals surface area contributed by atoms with Gasteiger partial charge in [0.1, 0.15) is 11.8 Å². The molecular formula is C8H19CaNO6. The Morgan fingerprint density at radius 3 is 1.88 bits per heavy atom. The molecule has 0 aromatic heterocycles. The van der Waals surface area contributed by atoms with Crippen LogP contribution >= 0.6 is 0 Å². The predicted molar refractivity (Wildman–Crippen MR) is 59.3 cm³/mol. The van der Waals surface area contributed by atoms with Gasteiger partial charge in [-0.25, -0.2) is 0 Å². The number of hydrogen-bond donors (Lipinski definition) is 3. The van der Waals surface area contributed by atoms with E-state index >= 15 is 0 Å². The summed E-state index contributed by atoms with van der Waals surface area (Å²) in [5.74, 6) is -4.29. The summed E-state index contributed by atoms with van der Waals surface area (Å²) in [5.41, 5.74) is 4.13. The molecule has 0 aromatic rings. The Hall–Kier alpha value is 0.0797. The Morgan fingerprint density at radius 2 is 1.69 bits per heavy atom. The van der Waals surface area contributed by atoms with Crippen LogP contribution in [0, 0.1) is 5.92 Å². The number of carbonyl (C=O) groups excluding carboxylic acids is 1. The molecule has 0 aliphatic heterocycles. The number of carboxylic acid groups (broad SMARTS) is 1. The first-order valence-electron chi connectivity index (χ1n) is 4.04. The van der Waals surface area contributed by atoms with Crippen LogP contribution in [0.4, 0.5) is 0 Å². The minimum absolute atomic E-state index is 0.